The molecule has 1 aliphatic carbocycles. The molecule has 2 N–H and O–H groups in total. The third kappa shape index (κ3) is 3.04. The second-order valence-corrected chi connectivity index (χ2v) is 9.48. The monoisotopic (exact) mass is 424 g/mol. The predicted molar refractivity (Wildman–Crippen MR) is 119 cm³/mol. The van der Waals surface area contributed by atoms with Crippen molar-refractivity contribution >= 4 is 5.91 Å². The number of ether oxygens (including phenoxy) is 2. The van der Waals surface area contributed by atoms with Crippen molar-refractivity contribution in [2.45, 2.75) is 64.1 Å². The van der Waals surface area contributed by atoms with E-state index in [0.717, 1.165) is 42.0 Å². The number of carbonyl (C=O) groups is 1. The number of methoxy groups -OCH3 is 2. The van der Waals surface area contributed by atoms with E-state index in [9.17, 15) is 4.79 Å². The summed E-state index contributed by atoms with van der Waals surface area (Å²) >= 11 is 0. The lowest BCUT2D eigenvalue weighted by Gasteiger charge is -2.39. The van der Waals surface area contributed by atoms with Crippen LogP contribution in [0.2, 0.25) is 0 Å². The number of likely N-dealkylation sites (tertiary alicyclic amines) is 1. The van der Waals surface area contributed by atoms with Crippen LogP contribution in [0.25, 0.3) is 11.3 Å². The summed E-state index contributed by atoms with van der Waals surface area (Å²) in [6, 6.07) is 6.66. The van der Waals surface area contributed by atoms with Crippen LogP contribution in [0, 0.1) is 12.3 Å². The number of fused-ring (bicyclic) bond motifs is 1. The van der Waals surface area contributed by atoms with Crippen LogP contribution in [0.5, 0.6) is 11.5 Å². The molecule has 1 amide bonds. The first-order chi connectivity index (χ1) is 15.0. The second-order valence-electron chi connectivity index (χ2n) is 9.48. The summed E-state index contributed by atoms with van der Waals surface area (Å²) < 4.78 is 10.9. The summed E-state index contributed by atoms with van der Waals surface area (Å²) in [6.07, 6.45) is 5.80. The first kappa shape index (κ1) is 20.4. The van der Waals surface area contributed by atoms with Gasteiger partial charge in [-0.05, 0) is 44.4 Å². The molecule has 31 heavy (non-hydrogen) atoms. The maximum atomic E-state index is 13.9. The molecule has 2 saturated heterocycles. The van der Waals surface area contributed by atoms with Gasteiger partial charge in [0.05, 0.1) is 19.9 Å². The van der Waals surface area contributed by atoms with E-state index < -0.39 is 0 Å². The van der Waals surface area contributed by atoms with Crippen LogP contribution >= 0.6 is 0 Å². The van der Waals surface area contributed by atoms with Gasteiger partial charge in [-0.1, -0.05) is 19.8 Å². The van der Waals surface area contributed by atoms with Gasteiger partial charge in [0.25, 0.3) is 5.91 Å². The van der Waals surface area contributed by atoms with Crippen LogP contribution in [-0.4, -0.2) is 59.9 Å². The molecule has 1 saturated carbocycles. The number of aromatic amines is 1. The Hall–Kier alpha value is -2.54. The van der Waals surface area contributed by atoms with Crippen molar-refractivity contribution in [3.8, 4) is 22.8 Å². The topological polar surface area (TPSA) is 79.5 Å². The maximum Gasteiger partial charge on any atom is 0.272 e. The number of amides is 1. The van der Waals surface area contributed by atoms with Gasteiger partial charge in [0, 0.05) is 41.2 Å². The first-order valence-electron chi connectivity index (χ1n) is 11.3. The molecular formula is C24H32N4O3. The van der Waals surface area contributed by atoms with Gasteiger partial charge in [0.2, 0.25) is 0 Å². The summed E-state index contributed by atoms with van der Waals surface area (Å²) in [6.45, 7) is 5.22. The molecule has 1 aromatic heterocycles. The van der Waals surface area contributed by atoms with E-state index in [0.29, 0.717) is 17.5 Å². The third-order valence-electron chi connectivity index (χ3n) is 7.90. The van der Waals surface area contributed by atoms with Crippen LogP contribution in [0.4, 0.5) is 0 Å². The Labute approximate surface area is 183 Å². The molecule has 5 rings (SSSR count). The lowest BCUT2D eigenvalue weighted by atomic mass is 9.72. The number of hydrogen-bond acceptors (Lipinski definition) is 5. The summed E-state index contributed by atoms with van der Waals surface area (Å²) in [5.74, 6) is 1.50. The molecule has 2 aromatic rings. The second kappa shape index (κ2) is 7.55. The number of benzene rings is 1. The number of nitrogens with one attached hydrogen (secondary N) is 2. The number of hydrogen-bond donors (Lipinski definition) is 2. The fraction of sp³-hybridized carbons (Fsp3) is 0.583. The molecule has 0 unspecified atom stereocenters. The number of piperidine rings is 1. The largest absolute Gasteiger partial charge is 0.497 e. The van der Waals surface area contributed by atoms with Gasteiger partial charge in [0.1, 0.15) is 17.2 Å². The van der Waals surface area contributed by atoms with Gasteiger partial charge in [-0.3, -0.25) is 9.89 Å². The average Bonchev–Trinajstić information content (AvgIpc) is 3.21. The van der Waals surface area contributed by atoms with Gasteiger partial charge < -0.3 is 19.7 Å². The minimum atomic E-state index is 0.0705. The van der Waals surface area contributed by atoms with Crippen LogP contribution in [0.1, 0.15) is 55.1 Å². The normalized spacial score (nSPS) is 29.5. The quantitative estimate of drug-likeness (QED) is 0.785. The molecule has 7 nitrogen and oxygen atoms in total. The Kier molecular flexibility index (Phi) is 4.96. The molecule has 7 heteroatoms. The Morgan fingerprint density at radius 1 is 1.23 bits per heavy atom. The van der Waals surface area contributed by atoms with Crippen LogP contribution in [0.3, 0.4) is 0 Å². The van der Waals surface area contributed by atoms with Gasteiger partial charge in [-0.25, -0.2) is 0 Å². The number of carbonyl (C=O) groups excluding carboxylic acids is 1. The molecular weight excluding hydrogens is 392 g/mol. The Morgan fingerprint density at radius 3 is 2.81 bits per heavy atom. The number of H-pyrrole nitrogens is 1. The van der Waals surface area contributed by atoms with Gasteiger partial charge in [-0.15, -0.1) is 0 Å². The molecule has 3 aliphatic rings. The van der Waals surface area contributed by atoms with E-state index in [1.807, 2.05) is 25.1 Å². The van der Waals surface area contributed by atoms with Gasteiger partial charge in [0.15, 0.2) is 0 Å². The average molecular weight is 425 g/mol. The fourth-order valence-electron chi connectivity index (χ4n) is 6.26. The highest BCUT2D eigenvalue weighted by Gasteiger charge is 2.57. The van der Waals surface area contributed by atoms with E-state index in [4.69, 9.17) is 9.47 Å². The van der Waals surface area contributed by atoms with Crippen molar-refractivity contribution < 1.29 is 14.3 Å². The molecule has 3 heterocycles. The zero-order valence-electron chi connectivity index (χ0n) is 18.8. The van der Waals surface area contributed by atoms with Crippen LogP contribution in [0.15, 0.2) is 18.2 Å². The Morgan fingerprint density at radius 2 is 2.03 bits per heavy atom. The highest BCUT2D eigenvalue weighted by atomic mass is 16.5. The third-order valence-corrected chi connectivity index (χ3v) is 7.90. The first-order valence-corrected chi connectivity index (χ1v) is 11.3. The highest BCUT2D eigenvalue weighted by molar-refractivity contribution is 5.96. The summed E-state index contributed by atoms with van der Waals surface area (Å²) in [7, 11) is 3.28. The SMILES string of the molecule is COc1ccc(OC)c(-c2n[nH]c(C(=O)N3[C@@H]4CN[C@@H]5CCCC[C@H]3[C@]5(C)C4)c2C)c1. The molecule has 4 atom stereocenters. The smallest absolute Gasteiger partial charge is 0.272 e. The van der Waals surface area contributed by atoms with E-state index >= 15 is 0 Å². The minimum Gasteiger partial charge on any atom is -0.497 e. The van der Waals surface area contributed by atoms with E-state index in [-0.39, 0.29) is 23.4 Å². The van der Waals surface area contributed by atoms with Crippen LogP contribution in [-0.2, 0) is 0 Å². The molecule has 1 aromatic carbocycles. The zero-order valence-corrected chi connectivity index (χ0v) is 18.8. The Balaban J connectivity index is 1.51. The number of aromatic nitrogens is 2. The number of nitrogens with zero attached hydrogens (tertiary/aromatic N) is 2. The van der Waals surface area contributed by atoms with Crippen molar-refractivity contribution in [1.82, 2.24) is 20.4 Å². The summed E-state index contributed by atoms with van der Waals surface area (Å²) in [5, 5.41) is 11.4. The van der Waals surface area contributed by atoms with E-state index in [2.05, 4.69) is 27.3 Å². The Bertz CT molecular complexity index is 1000. The summed E-state index contributed by atoms with van der Waals surface area (Å²) in [4.78, 5) is 16.0. The summed E-state index contributed by atoms with van der Waals surface area (Å²) in [5.41, 5.74) is 3.13. The van der Waals surface area contributed by atoms with Crippen molar-refractivity contribution in [1.29, 1.82) is 0 Å². The van der Waals surface area contributed by atoms with E-state index in [1.165, 1.54) is 19.3 Å². The molecule has 0 spiro atoms. The fourth-order valence-corrected chi connectivity index (χ4v) is 6.26. The molecule has 3 fully saturated rings. The highest BCUT2D eigenvalue weighted by Crippen LogP contribution is 2.51. The molecule has 2 aliphatic heterocycles. The lowest BCUT2D eigenvalue weighted by Crippen LogP contribution is -2.51. The van der Waals surface area contributed by atoms with Crippen molar-refractivity contribution in [3.05, 3.63) is 29.5 Å². The molecule has 2 bridgehead atoms. The molecule has 0 radical (unpaired) electrons. The maximum absolute atomic E-state index is 13.9. The number of rotatable bonds is 4. The van der Waals surface area contributed by atoms with Crippen molar-refractivity contribution in [2.75, 3.05) is 20.8 Å². The van der Waals surface area contributed by atoms with Crippen LogP contribution < -0.4 is 14.8 Å². The predicted octanol–water partition coefficient (Wildman–Crippen LogP) is 3.54. The zero-order chi connectivity index (χ0) is 21.8. The van der Waals surface area contributed by atoms with E-state index in [1.54, 1.807) is 14.2 Å². The van der Waals surface area contributed by atoms with Gasteiger partial charge >= 0.3 is 0 Å². The molecule has 166 valence electrons. The minimum absolute atomic E-state index is 0.0705. The standard InChI is InChI=1S/C24H32N4O3/c1-14-21(17-11-16(30-3)9-10-18(17)31-4)26-27-22(14)23(29)28-15-12-24(2)19(25-13-15)7-5-6-8-20(24)28/h9-11,15,19-20,25H,5-8,12-13H2,1-4H3,(H,26,27)/t15-,19+,20-,24+/m0/s1. The lowest BCUT2D eigenvalue weighted by molar-refractivity contribution is 0.0622. The van der Waals surface area contributed by atoms with Crippen molar-refractivity contribution in [3.63, 3.8) is 0 Å². The van der Waals surface area contributed by atoms with Crippen molar-refractivity contribution in [2.24, 2.45) is 5.41 Å². The van der Waals surface area contributed by atoms with Gasteiger partial charge in [-0.2, -0.15) is 5.10 Å².